The van der Waals surface area contributed by atoms with E-state index in [2.05, 4.69) is 15.2 Å². The lowest BCUT2D eigenvalue weighted by molar-refractivity contribution is 0.0595. The summed E-state index contributed by atoms with van der Waals surface area (Å²) in [5.74, 6) is -0.175. The summed E-state index contributed by atoms with van der Waals surface area (Å²) in [5.41, 5.74) is 1.99. The average molecular weight is 400 g/mol. The summed E-state index contributed by atoms with van der Waals surface area (Å²) < 4.78 is 9.16. The monoisotopic (exact) mass is 400 g/mol. The zero-order valence-electron chi connectivity index (χ0n) is 17.1. The van der Waals surface area contributed by atoms with Gasteiger partial charge >= 0.3 is 0 Å². The molecule has 1 saturated heterocycles. The molecule has 2 aromatic heterocycles. The molecule has 9 heteroatoms. The third kappa shape index (κ3) is 4.11. The van der Waals surface area contributed by atoms with E-state index in [1.54, 1.807) is 28.8 Å². The first-order chi connectivity index (χ1) is 14.0. The molecule has 29 heavy (non-hydrogen) atoms. The van der Waals surface area contributed by atoms with Gasteiger partial charge in [-0.2, -0.15) is 0 Å². The van der Waals surface area contributed by atoms with Crippen LogP contribution in [0.1, 0.15) is 40.6 Å². The molecule has 2 aliphatic heterocycles. The largest absolute Gasteiger partial charge is 0.379 e. The molecule has 0 unspecified atom stereocenters. The second-order valence-corrected chi connectivity index (χ2v) is 7.86. The van der Waals surface area contributed by atoms with Crippen LogP contribution >= 0.6 is 0 Å². The molecule has 0 saturated carbocycles. The van der Waals surface area contributed by atoms with Gasteiger partial charge in [0.1, 0.15) is 11.4 Å². The number of rotatable bonds is 6. The molecule has 0 spiro atoms. The van der Waals surface area contributed by atoms with Crippen LogP contribution in [0.3, 0.4) is 0 Å². The zero-order chi connectivity index (χ0) is 20.4. The van der Waals surface area contributed by atoms with Crippen molar-refractivity contribution in [1.29, 1.82) is 0 Å². The molecule has 2 aromatic rings. The molecule has 1 fully saturated rings. The van der Waals surface area contributed by atoms with E-state index >= 15 is 0 Å². The number of fused-ring (bicyclic) bond motifs is 1. The molecule has 0 bridgehead atoms. The number of carbonyl (C=O) groups is 1. The normalized spacial score (nSPS) is 19.5. The van der Waals surface area contributed by atoms with Gasteiger partial charge in [-0.05, 0) is 32.0 Å². The summed E-state index contributed by atoms with van der Waals surface area (Å²) in [6.45, 7) is 5.34. The quantitative estimate of drug-likeness (QED) is 0.651. The maximum atomic E-state index is 13.1. The van der Waals surface area contributed by atoms with Crippen molar-refractivity contribution in [3.8, 4) is 0 Å². The van der Waals surface area contributed by atoms with Crippen LogP contribution in [-0.2, 0) is 25.4 Å². The summed E-state index contributed by atoms with van der Waals surface area (Å²) in [5, 5.41) is 8.40. The molecule has 156 valence electrons. The molecule has 1 atom stereocenters. The summed E-state index contributed by atoms with van der Waals surface area (Å²) in [6, 6.07) is 4.74. The second kappa shape index (κ2) is 8.46. The lowest BCUT2D eigenvalue weighted by Crippen LogP contribution is -2.42. The fourth-order valence-electron chi connectivity index (χ4n) is 4.27. The molecule has 0 N–H and O–H groups in total. The van der Waals surface area contributed by atoms with Crippen molar-refractivity contribution in [3.05, 3.63) is 45.6 Å². The van der Waals surface area contributed by atoms with Crippen LogP contribution < -0.4 is 5.56 Å². The highest BCUT2D eigenvalue weighted by atomic mass is 16.5. The van der Waals surface area contributed by atoms with E-state index in [1.807, 2.05) is 7.05 Å². The minimum Gasteiger partial charge on any atom is -0.379 e. The number of amides is 1. The van der Waals surface area contributed by atoms with E-state index in [0.717, 1.165) is 31.0 Å². The minimum atomic E-state index is -0.199. The van der Waals surface area contributed by atoms with Crippen LogP contribution in [0.2, 0.25) is 0 Å². The number of pyridine rings is 1. The predicted molar refractivity (Wildman–Crippen MR) is 107 cm³/mol. The SMILES string of the molecule is Cn1nnc2c1[C@H](COCCN1CCCC1)CN(C(=O)c1cccc(=O)n1C)C2. The Morgan fingerprint density at radius 1 is 1.24 bits per heavy atom. The third-order valence-electron chi connectivity index (χ3n) is 5.87. The number of hydrogen-bond donors (Lipinski definition) is 0. The van der Waals surface area contributed by atoms with Crippen molar-refractivity contribution >= 4 is 5.91 Å². The van der Waals surface area contributed by atoms with Crippen molar-refractivity contribution < 1.29 is 9.53 Å². The van der Waals surface area contributed by atoms with Gasteiger partial charge in [-0.15, -0.1) is 5.10 Å². The molecule has 9 nitrogen and oxygen atoms in total. The highest BCUT2D eigenvalue weighted by Gasteiger charge is 2.33. The summed E-state index contributed by atoms with van der Waals surface area (Å²) in [4.78, 5) is 29.2. The molecular weight excluding hydrogens is 372 g/mol. The highest BCUT2D eigenvalue weighted by Crippen LogP contribution is 2.27. The van der Waals surface area contributed by atoms with E-state index in [0.29, 0.717) is 32.0 Å². The van der Waals surface area contributed by atoms with Gasteiger partial charge in [0, 0.05) is 39.2 Å². The number of carbonyl (C=O) groups excluding carboxylic acids is 1. The smallest absolute Gasteiger partial charge is 0.270 e. The van der Waals surface area contributed by atoms with Gasteiger partial charge in [-0.3, -0.25) is 14.3 Å². The number of aromatic nitrogens is 4. The molecule has 1 amide bonds. The van der Waals surface area contributed by atoms with Crippen LogP contribution in [0.4, 0.5) is 0 Å². The number of aryl methyl sites for hydroxylation is 1. The molecule has 2 aliphatic rings. The fraction of sp³-hybridized carbons (Fsp3) is 0.600. The topological polar surface area (TPSA) is 85.5 Å². The Balaban J connectivity index is 1.46. The Hall–Kier alpha value is -2.52. The molecule has 4 heterocycles. The highest BCUT2D eigenvalue weighted by molar-refractivity contribution is 5.92. The van der Waals surface area contributed by atoms with E-state index in [4.69, 9.17) is 4.74 Å². The Morgan fingerprint density at radius 2 is 2.03 bits per heavy atom. The standard InChI is InChI=1S/C20H28N6O3/c1-23-17(6-5-7-18(23)27)20(28)26-12-15(19-16(13-26)21-22-24(19)2)14-29-11-10-25-8-3-4-9-25/h5-7,15H,3-4,8-14H2,1-2H3/t15-/m0/s1. The van der Waals surface area contributed by atoms with Crippen LogP contribution in [-0.4, -0.2) is 74.7 Å². The van der Waals surface area contributed by atoms with Gasteiger partial charge in [0.25, 0.3) is 11.5 Å². The van der Waals surface area contributed by atoms with Crippen LogP contribution in [0.15, 0.2) is 23.0 Å². The second-order valence-electron chi connectivity index (χ2n) is 7.86. The Morgan fingerprint density at radius 3 is 2.83 bits per heavy atom. The first kappa shape index (κ1) is 19.8. The van der Waals surface area contributed by atoms with Crippen molar-refractivity contribution in [1.82, 2.24) is 29.4 Å². The van der Waals surface area contributed by atoms with Crippen molar-refractivity contribution in [2.24, 2.45) is 14.1 Å². The summed E-state index contributed by atoms with van der Waals surface area (Å²) >= 11 is 0. The first-order valence-corrected chi connectivity index (χ1v) is 10.2. The maximum absolute atomic E-state index is 13.1. The number of ether oxygens (including phenoxy) is 1. The minimum absolute atomic E-state index is 0.00187. The maximum Gasteiger partial charge on any atom is 0.270 e. The summed E-state index contributed by atoms with van der Waals surface area (Å²) in [7, 11) is 3.49. The van der Waals surface area contributed by atoms with E-state index in [9.17, 15) is 9.59 Å². The van der Waals surface area contributed by atoms with Crippen LogP contribution in [0, 0.1) is 0 Å². The van der Waals surface area contributed by atoms with Gasteiger partial charge < -0.3 is 19.1 Å². The Labute approximate surface area is 169 Å². The third-order valence-corrected chi connectivity index (χ3v) is 5.87. The van der Waals surface area contributed by atoms with Gasteiger partial charge in [-0.1, -0.05) is 11.3 Å². The van der Waals surface area contributed by atoms with E-state index in [1.165, 1.54) is 23.5 Å². The van der Waals surface area contributed by atoms with Gasteiger partial charge in [0.05, 0.1) is 25.5 Å². The number of nitrogens with zero attached hydrogens (tertiary/aromatic N) is 6. The van der Waals surface area contributed by atoms with Crippen LogP contribution in [0.25, 0.3) is 0 Å². The zero-order valence-corrected chi connectivity index (χ0v) is 17.1. The number of likely N-dealkylation sites (tertiary alicyclic amines) is 1. The average Bonchev–Trinajstić information content (AvgIpc) is 3.37. The van der Waals surface area contributed by atoms with Crippen molar-refractivity contribution in [3.63, 3.8) is 0 Å². The van der Waals surface area contributed by atoms with E-state index < -0.39 is 0 Å². The lowest BCUT2D eigenvalue weighted by atomic mass is 9.98. The van der Waals surface area contributed by atoms with Gasteiger partial charge in [0.15, 0.2) is 0 Å². The fourth-order valence-corrected chi connectivity index (χ4v) is 4.27. The molecule has 4 rings (SSSR count). The van der Waals surface area contributed by atoms with Gasteiger partial charge in [-0.25, -0.2) is 0 Å². The molecule has 0 aromatic carbocycles. The van der Waals surface area contributed by atoms with Crippen molar-refractivity contribution in [2.45, 2.75) is 25.3 Å². The molecular formula is C20H28N6O3. The predicted octanol–water partition coefficient (Wildman–Crippen LogP) is 0.366. The molecule has 0 radical (unpaired) electrons. The Bertz CT molecular complexity index is 931. The Kier molecular flexibility index (Phi) is 5.77. The van der Waals surface area contributed by atoms with E-state index in [-0.39, 0.29) is 17.4 Å². The summed E-state index contributed by atoms with van der Waals surface area (Å²) in [6.07, 6.45) is 2.54. The van der Waals surface area contributed by atoms with Crippen LogP contribution in [0.5, 0.6) is 0 Å². The molecule has 0 aliphatic carbocycles. The number of hydrogen-bond acceptors (Lipinski definition) is 6. The first-order valence-electron chi connectivity index (χ1n) is 10.2. The van der Waals surface area contributed by atoms with Crippen molar-refractivity contribution in [2.75, 3.05) is 39.4 Å². The van der Waals surface area contributed by atoms with Gasteiger partial charge in [0.2, 0.25) is 0 Å². The lowest BCUT2D eigenvalue weighted by Gasteiger charge is -2.32.